The Morgan fingerprint density at radius 3 is 1.97 bits per heavy atom. The van der Waals surface area contributed by atoms with Crippen LogP contribution in [-0.2, 0) is 34.0 Å². The van der Waals surface area contributed by atoms with Gasteiger partial charge in [0.1, 0.15) is 31.0 Å². The predicted molar refractivity (Wildman–Crippen MR) is 131 cm³/mol. The van der Waals surface area contributed by atoms with Crippen molar-refractivity contribution in [3.63, 3.8) is 0 Å². The number of benzene rings is 3. The van der Waals surface area contributed by atoms with Crippen LogP contribution in [0.3, 0.4) is 0 Å². The third-order valence-corrected chi connectivity index (χ3v) is 5.21. The predicted octanol–water partition coefficient (Wildman–Crippen LogP) is 2.66. The second kappa shape index (κ2) is 13.5. The molecule has 0 fully saturated rings. The summed E-state index contributed by atoms with van der Waals surface area (Å²) in [6, 6.07) is 22.8. The molecule has 3 aromatic rings. The molecule has 4 N–H and O–H groups in total. The molecule has 36 heavy (non-hydrogen) atoms. The Labute approximate surface area is 208 Å². The molecular formula is C27H28N2O7. The van der Waals surface area contributed by atoms with Gasteiger partial charge in [-0.2, -0.15) is 0 Å². The molecule has 0 aliphatic heterocycles. The summed E-state index contributed by atoms with van der Waals surface area (Å²) in [5.41, 5.74) is 2.37. The summed E-state index contributed by atoms with van der Waals surface area (Å²) in [5, 5.41) is 23.8. The first-order valence-electron chi connectivity index (χ1n) is 11.3. The molecule has 0 saturated carbocycles. The van der Waals surface area contributed by atoms with E-state index < -0.39 is 36.7 Å². The molecule has 0 spiro atoms. The van der Waals surface area contributed by atoms with Gasteiger partial charge in [-0.15, -0.1) is 0 Å². The van der Waals surface area contributed by atoms with E-state index in [-0.39, 0.29) is 13.0 Å². The molecule has 188 valence electrons. The lowest BCUT2D eigenvalue weighted by Crippen LogP contribution is -2.53. The standard InChI is InChI=1S/C27H28N2O7/c30-16-24(29-27(34)36-18-20-10-5-2-6-11-20)25(31)28-23(26(32)33)15-21-12-7-13-22(14-21)35-17-19-8-3-1-4-9-19/h1-14,23-24,30H,15-18H2,(H,28,31)(H,29,34)(H,32,33)/t23-,24+/m1/s1. The zero-order valence-corrected chi connectivity index (χ0v) is 19.5. The van der Waals surface area contributed by atoms with E-state index >= 15 is 0 Å². The fraction of sp³-hybridized carbons (Fsp3) is 0.222. The molecule has 0 bridgehead atoms. The van der Waals surface area contributed by atoms with Gasteiger partial charge in [-0.25, -0.2) is 9.59 Å². The summed E-state index contributed by atoms with van der Waals surface area (Å²) in [5.74, 6) is -1.55. The number of hydrogen-bond acceptors (Lipinski definition) is 6. The van der Waals surface area contributed by atoms with Crippen molar-refractivity contribution in [3.05, 3.63) is 102 Å². The van der Waals surface area contributed by atoms with Crippen molar-refractivity contribution in [2.45, 2.75) is 31.7 Å². The van der Waals surface area contributed by atoms with E-state index in [0.717, 1.165) is 11.1 Å². The van der Waals surface area contributed by atoms with Gasteiger partial charge in [-0.1, -0.05) is 72.8 Å². The number of alkyl carbamates (subject to hydrolysis) is 1. The Kier molecular flexibility index (Phi) is 9.84. The molecule has 9 heteroatoms. The van der Waals surface area contributed by atoms with Crippen molar-refractivity contribution in [1.82, 2.24) is 10.6 Å². The van der Waals surface area contributed by atoms with Gasteiger partial charge in [-0.3, -0.25) is 4.79 Å². The number of carbonyl (C=O) groups excluding carboxylic acids is 2. The maximum absolute atomic E-state index is 12.6. The smallest absolute Gasteiger partial charge is 0.408 e. The van der Waals surface area contributed by atoms with Crippen molar-refractivity contribution in [1.29, 1.82) is 0 Å². The molecule has 0 radical (unpaired) electrons. The molecule has 3 rings (SSSR count). The molecule has 0 aliphatic carbocycles. The SMILES string of the molecule is O=C(N[C@@H](CO)C(=O)N[C@H](Cc1cccc(OCc2ccccc2)c1)C(=O)O)OCc1ccccc1. The fourth-order valence-corrected chi connectivity index (χ4v) is 3.31. The number of rotatable bonds is 12. The molecule has 0 heterocycles. The van der Waals surface area contributed by atoms with E-state index in [1.165, 1.54) is 0 Å². The van der Waals surface area contributed by atoms with Gasteiger partial charge in [0.15, 0.2) is 0 Å². The lowest BCUT2D eigenvalue weighted by Gasteiger charge is -2.20. The van der Waals surface area contributed by atoms with E-state index in [2.05, 4.69) is 10.6 Å². The van der Waals surface area contributed by atoms with Crippen LogP contribution < -0.4 is 15.4 Å². The average molecular weight is 493 g/mol. The highest BCUT2D eigenvalue weighted by molar-refractivity contribution is 5.89. The Morgan fingerprint density at radius 1 is 0.750 bits per heavy atom. The molecule has 0 saturated heterocycles. The van der Waals surface area contributed by atoms with Crippen molar-refractivity contribution in [2.24, 2.45) is 0 Å². The maximum atomic E-state index is 12.6. The van der Waals surface area contributed by atoms with E-state index in [4.69, 9.17) is 9.47 Å². The van der Waals surface area contributed by atoms with Crippen LogP contribution in [0.1, 0.15) is 16.7 Å². The molecule has 0 aliphatic rings. The first kappa shape index (κ1) is 26.2. The lowest BCUT2D eigenvalue weighted by molar-refractivity contribution is -0.142. The van der Waals surface area contributed by atoms with Crippen LogP contribution in [0.2, 0.25) is 0 Å². The second-order valence-electron chi connectivity index (χ2n) is 7.97. The van der Waals surface area contributed by atoms with Gasteiger partial charge >= 0.3 is 12.1 Å². The summed E-state index contributed by atoms with van der Waals surface area (Å²) >= 11 is 0. The Morgan fingerprint density at radius 2 is 1.36 bits per heavy atom. The van der Waals surface area contributed by atoms with Crippen LogP contribution in [0.25, 0.3) is 0 Å². The molecule has 3 aromatic carbocycles. The second-order valence-corrected chi connectivity index (χ2v) is 7.97. The summed E-state index contributed by atoms with van der Waals surface area (Å²) in [6.07, 6.45) is -0.941. The van der Waals surface area contributed by atoms with Crippen LogP contribution in [0.4, 0.5) is 4.79 Å². The number of amides is 2. The Hall–Kier alpha value is -4.37. The van der Waals surface area contributed by atoms with Crippen LogP contribution in [0, 0.1) is 0 Å². The first-order chi connectivity index (χ1) is 17.4. The number of aliphatic hydroxyl groups is 1. The van der Waals surface area contributed by atoms with Gasteiger partial charge < -0.3 is 30.3 Å². The summed E-state index contributed by atoms with van der Waals surface area (Å²) in [7, 11) is 0. The van der Waals surface area contributed by atoms with Crippen LogP contribution in [0.15, 0.2) is 84.9 Å². The molecule has 0 aromatic heterocycles. The number of aliphatic hydroxyl groups excluding tert-OH is 1. The zero-order valence-electron chi connectivity index (χ0n) is 19.5. The highest BCUT2D eigenvalue weighted by atomic mass is 16.5. The van der Waals surface area contributed by atoms with Gasteiger partial charge in [0, 0.05) is 6.42 Å². The van der Waals surface area contributed by atoms with Gasteiger partial charge in [0.05, 0.1) is 6.61 Å². The zero-order chi connectivity index (χ0) is 25.8. The molecule has 9 nitrogen and oxygen atoms in total. The number of carboxylic acids is 1. The van der Waals surface area contributed by atoms with E-state index in [1.807, 2.05) is 36.4 Å². The van der Waals surface area contributed by atoms with E-state index in [1.54, 1.807) is 48.5 Å². The van der Waals surface area contributed by atoms with Crippen LogP contribution in [0.5, 0.6) is 5.75 Å². The average Bonchev–Trinajstić information content (AvgIpc) is 2.90. The normalized spacial score (nSPS) is 12.1. The van der Waals surface area contributed by atoms with E-state index in [9.17, 15) is 24.6 Å². The van der Waals surface area contributed by atoms with Crippen LogP contribution in [-0.4, -0.2) is 46.9 Å². The first-order valence-corrected chi connectivity index (χ1v) is 11.3. The van der Waals surface area contributed by atoms with Gasteiger partial charge in [-0.05, 0) is 28.8 Å². The molecular weight excluding hydrogens is 464 g/mol. The maximum Gasteiger partial charge on any atom is 0.408 e. The largest absolute Gasteiger partial charge is 0.489 e. The Bertz CT molecular complexity index is 1140. The topological polar surface area (TPSA) is 134 Å². The molecule has 2 atom stereocenters. The minimum absolute atomic E-state index is 0.0210. The minimum Gasteiger partial charge on any atom is -0.489 e. The highest BCUT2D eigenvalue weighted by Gasteiger charge is 2.27. The van der Waals surface area contributed by atoms with Crippen molar-refractivity contribution in [2.75, 3.05) is 6.61 Å². The Balaban J connectivity index is 1.54. The lowest BCUT2D eigenvalue weighted by atomic mass is 10.1. The monoisotopic (exact) mass is 492 g/mol. The third kappa shape index (κ3) is 8.44. The van der Waals surface area contributed by atoms with Crippen molar-refractivity contribution in [3.8, 4) is 5.75 Å². The third-order valence-electron chi connectivity index (χ3n) is 5.21. The quantitative estimate of drug-likeness (QED) is 0.305. The summed E-state index contributed by atoms with van der Waals surface area (Å²) in [6.45, 7) is -0.401. The molecule has 2 amide bonds. The number of ether oxygens (including phenoxy) is 2. The van der Waals surface area contributed by atoms with Crippen molar-refractivity contribution >= 4 is 18.0 Å². The van der Waals surface area contributed by atoms with E-state index in [0.29, 0.717) is 17.9 Å². The number of hydrogen-bond donors (Lipinski definition) is 4. The number of carboxylic acid groups (broad SMARTS) is 1. The minimum atomic E-state index is -1.38. The number of carbonyl (C=O) groups is 3. The highest BCUT2D eigenvalue weighted by Crippen LogP contribution is 2.17. The van der Waals surface area contributed by atoms with Crippen LogP contribution >= 0.6 is 0 Å². The van der Waals surface area contributed by atoms with Gasteiger partial charge in [0.2, 0.25) is 5.91 Å². The fourth-order valence-electron chi connectivity index (χ4n) is 3.31. The number of nitrogens with one attached hydrogen (secondary N) is 2. The summed E-state index contributed by atoms with van der Waals surface area (Å²) < 4.78 is 10.8. The number of aliphatic carboxylic acids is 1. The van der Waals surface area contributed by atoms with Gasteiger partial charge in [0.25, 0.3) is 0 Å². The molecule has 0 unspecified atom stereocenters. The van der Waals surface area contributed by atoms with Crippen molar-refractivity contribution < 1.29 is 34.1 Å². The summed E-state index contributed by atoms with van der Waals surface area (Å²) in [4.78, 5) is 36.4.